The van der Waals surface area contributed by atoms with Gasteiger partial charge in [-0.25, -0.2) is 4.98 Å². The molecule has 0 atom stereocenters. The van der Waals surface area contributed by atoms with E-state index in [9.17, 15) is 0 Å². The highest BCUT2D eigenvalue weighted by molar-refractivity contribution is 6.21. The molecule has 0 amide bonds. The summed E-state index contributed by atoms with van der Waals surface area (Å²) in [6.45, 7) is 8.19. The second kappa shape index (κ2) is 9.04. The van der Waals surface area contributed by atoms with Crippen LogP contribution in [-0.4, -0.2) is 34.8 Å². The number of aromatic nitrogens is 4. The predicted octanol–water partition coefficient (Wildman–Crippen LogP) is 7.92. The first-order valence-electron chi connectivity index (χ1n) is 14.0. The number of hydrogen-bond donors (Lipinski definition) is 1. The van der Waals surface area contributed by atoms with Crippen LogP contribution in [0.3, 0.4) is 0 Å². The molecule has 0 fully saturated rings. The van der Waals surface area contributed by atoms with Gasteiger partial charge in [-0.2, -0.15) is 0 Å². The summed E-state index contributed by atoms with van der Waals surface area (Å²) in [5.41, 5.74) is 8.33. The van der Waals surface area contributed by atoms with Gasteiger partial charge in [0, 0.05) is 34.1 Å². The van der Waals surface area contributed by atoms with Gasteiger partial charge >= 0.3 is 0 Å². The summed E-state index contributed by atoms with van der Waals surface area (Å²) in [7, 11) is 13.9. The minimum Gasteiger partial charge on any atom is -0.340 e. The van der Waals surface area contributed by atoms with Crippen molar-refractivity contribution in [1.82, 2.24) is 19.1 Å². The summed E-state index contributed by atoms with van der Waals surface area (Å²) in [5, 5.41) is 2.24. The molecule has 1 N–H and O–H groups in total. The van der Waals surface area contributed by atoms with E-state index >= 15 is 0 Å². The van der Waals surface area contributed by atoms with Crippen LogP contribution in [0.5, 0.6) is 0 Å². The van der Waals surface area contributed by atoms with Gasteiger partial charge in [0.05, 0.1) is 26.9 Å². The maximum Gasteiger partial charge on any atom is 0.220 e. The van der Waals surface area contributed by atoms with E-state index in [0.29, 0.717) is 0 Å². The van der Waals surface area contributed by atoms with Crippen molar-refractivity contribution < 1.29 is 0 Å². The Labute approximate surface area is 242 Å². The van der Waals surface area contributed by atoms with Gasteiger partial charge in [0.2, 0.25) is 5.95 Å². The summed E-state index contributed by atoms with van der Waals surface area (Å²) < 4.78 is 4.37. The van der Waals surface area contributed by atoms with Gasteiger partial charge < -0.3 is 4.98 Å². The first-order chi connectivity index (χ1) is 19.6. The standard InChI is InChI=1S/C35H30B2N4/c1-34(2,36)26-20-23(22-12-6-5-7-13-22)21-27(35(3,4)37)31(26)40-19-18-38-33(40)41-29-17-11-9-15-25(29)30-24-14-8-10-16-28(24)39-32(30)41/h5-21,39H,1-4H3. The van der Waals surface area contributed by atoms with Gasteiger partial charge in [-0.05, 0) is 57.1 Å². The van der Waals surface area contributed by atoms with Gasteiger partial charge in [0.1, 0.15) is 5.65 Å². The van der Waals surface area contributed by atoms with Crippen molar-refractivity contribution in [3.05, 3.63) is 115 Å². The summed E-state index contributed by atoms with van der Waals surface area (Å²) in [4.78, 5) is 8.64. The van der Waals surface area contributed by atoms with Crippen molar-refractivity contribution in [3.63, 3.8) is 0 Å². The fourth-order valence-corrected chi connectivity index (χ4v) is 6.09. The number of hydrogen-bond acceptors (Lipinski definition) is 1. The van der Waals surface area contributed by atoms with Crippen molar-refractivity contribution in [2.45, 2.75) is 38.3 Å². The zero-order valence-electron chi connectivity index (χ0n) is 23.8. The van der Waals surface area contributed by atoms with E-state index in [2.05, 4.69) is 99.0 Å². The predicted molar refractivity (Wildman–Crippen MR) is 173 cm³/mol. The van der Waals surface area contributed by atoms with Crippen molar-refractivity contribution in [2.75, 3.05) is 0 Å². The monoisotopic (exact) mass is 528 g/mol. The zero-order chi connectivity index (χ0) is 28.5. The molecular formula is C35H30B2N4. The molecule has 3 aromatic heterocycles. The molecule has 41 heavy (non-hydrogen) atoms. The Morgan fingerprint density at radius 1 is 0.707 bits per heavy atom. The van der Waals surface area contributed by atoms with Crippen LogP contribution in [0.1, 0.15) is 38.8 Å². The Bertz CT molecular complexity index is 2030. The molecule has 7 rings (SSSR count). The minimum absolute atomic E-state index is 0.656. The lowest BCUT2D eigenvalue weighted by Gasteiger charge is -2.32. The van der Waals surface area contributed by atoms with E-state index in [0.717, 1.165) is 50.6 Å². The van der Waals surface area contributed by atoms with E-state index in [1.807, 2.05) is 46.2 Å². The molecule has 196 valence electrons. The highest BCUT2D eigenvalue weighted by atomic mass is 15.3. The van der Waals surface area contributed by atoms with Crippen LogP contribution in [0.2, 0.25) is 0 Å². The van der Waals surface area contributed by atoms with Crippen molar-refractivity contribution >= 4 is 48.5 Å². The molecule has 0 aliphatic carbocycles. The van der Waals surface area contributed by atoms with Crippen LogP contribution in [-0.2, 0) is 10.6 Å². The van der Waals surface area contributed by atoms with Crippen LogP contribution < -0.4 is 0 Å². The second-order valence-corrected chi connectivity index (χ2v) is 12.1. The average molecular weight is 528 g/mol. The number of fused-ring (bicyclic) bond motifs is 5. The molecule has 4 radical (unpaired) electrons. The summed E-state index contributed by atoms with van der Waals surface area (Å²) in [6, 6.07) is 31.7. The molecule has 0 bridgehead atoms. The fraction of sp³-hybridized carbons (Fsp3) is 0.171. The van der Waals surface area contributed by atoms with Crippen LogP contribution in [0.4, 0.5) is 0 Å². The molecule has 6 heteroatoms. The lowest BCUT2D eigenvalue weighted by Crippen LogP contribution is -2.26. The molecule has 4 aromatic carbocycles. The Morgan fingerprint density at radius 2 is 1.32 bits per heavy atom. The highest BCUT2D eigenvalue weighted by Crippen LogP contribution is 2.41. The number of nitrogens with zero attached hydrogens (tertiary/aromatic N) is 3. The van der Waals surface area contributed by atoms with E-state index in [1.165, 1.54) is 16.2 Å². The number of benzene rings is 4. The van der Waals surface area contributed by atoms with Gasteiger partial charge in [-0.3, -0.25) is 9.13 Å². The molecule has 0 unspecified atom stereocenters. The van der Waals surface area contributed by atoms with E-state index < -0.39 is 10.6 Å². The normalized spacial score (nSPS) is 12.6. The van der Waals surface area contributed by atoms with Crippen LogP contribution in [0, 0.1) is 0 Å². The first kappa shape index (κ1) is 25.5. The van der Waals surface area contributed by atoms with E-state index in [-0.39, 0.29) is 0 Å². The molecule has 7 aromatic rings. The SMILES string of the molecule is [B]C(C)(C)c1cc(-c2ccccc2)cc(C([B])(C)C)c1-n1ccnc1-n1c2ccccc2c2c3ccccc3[nH]c21. The summed E-state index contributed by atoms with van der Waals surface area (Å²) in [5.74, 6) is 0.770. The maximum absolute atomic E-state index is 6.94. The van der Waals surface area contributed by atoms with Gasteiger partial charge in [0.25, 0.3) is 0 Å². The third-order valence-electron chi connectivity index (χ3n) is 7.99. The Morgan fingerprint density at radius 3 is 2.00 bits per heavy atom. The molecule has 0 saturated carbocycles. The molecule has 4 nitrogen and oxygen atoms in total. The number of para-hydroxylation sites is 2. The van der Waals surface area contributed by atoms with Crippen molar-refractivity contribution in [2.24, 2.45) is 0 Å². The van der Waals surface area contributed by atoms with Gasteiger partial charge in [-0.15, -0.1) is 0 Å². The van der Waals surface area contributed by atoms with Crippen LogP contribution in [0.15, 0.2) is 103 Å². The minimum atomic E-state index is -0.656. The second-order valence-electron chi connectivity index (χ2n) is 12.1. The topological polar surface area (TPSA) is 38.5 Å². The van der Waals surface area contributed by atoms with Crippen LogP contribution in [0.25, 0.3) is 55.6 Å². The fourth-order valence-electron chi connectivity index (χ4n) is 6.09. The van der Waals surface area contributed by atoms with Gasteiger partial charge in [0.15, 0.2) is 0 Å². The Hall–Kier alpha value is -4.44. The number of nitrogens with one attached hydrogen (secondary N) is 1. The molecule has 3 heterocycles. The zero-order valence-corrected chi connectivity index (χ0v) is 23.8. The third-order valence-corrected chi connectivity index (χ3v) is 7.99. The van der Waals surface area contributed by atoms with E-state index in [4.69, 9.17) is 20.7 Å². The average Bonchev–Trinajstić information content (AvgIpc) is 3.65. The lowest BCUT2D eigenvalue weighted by molar-refractivity contribution is 0.715. The summed E-state index contributed by atoms with van der Waals surface area (Å²) >= 11 is 0. The molecular weight excluding hydrogens is 498 g/mol. The maximum atomic E-state index is 6.94. The van der Waals surface area contributed by atoms with Crippen LogP contribution >= 0.6 is 0 Å². The molecule has 0 saturated heterocycles. The smallest absolute Gasteiger partial charge is 0.220 e. The van der Waals surface area contributed by atoms with Crippen molar-refractivity contribution in [3.8, 4) is 22.8 Å². The lowest BCUT2D eigenvalue weighted by atomic mass is 9.62. The Kier molecular flexibility index (Phi) is 5.62. The first-order valence-corrected chi connectivity index (χ1v) is 14.0. The summed E-state index contributed by atoms with van der Waals surface area (Å²) in [6.07, 6.45) is 3.87. The number of aromatic amines is 1. The highest BCUT2D eigenvalue weighted by Gasteiger charge is 2.29. The molecule has 0 spiro atoms. The number of rotatable bonds is 5. The third kappa shape index (κ3) is 4.04. The largest absolute Gasteiger partial charge is 0.340 e. The Balaban J connectivity index is 1.58. The molecule has 0 aliphatic rings. The number of H-pyrrole nitrogens is 1. The van der Waals surface area contributed by atoms with Crippen molar-refractivity contribution in [1.29, 1.82) is 0 Å². The number of imidazole rings is 1. The van der Waals surface area contributed by atoms with E-state index in [1.54, 1.807) is 0 Å². The quantitative estimate of drug-likeness (QED) is 0.227. The van der Waals surface area contributed by atoms with Gasteiger partial charge in [-0.1, -0.05) is 94.4 Å². The molecule has 0 aliphatic heterocycles.